The van der Waals surface area contributed by atoms with E-state index < -0.39 is 17.2 Å². The molecule has 0 spiro atoms. The first kappa shape index (κ1) is 17.6. The lowest BCUT2D eigenvalue weighted by Gasteiger charge is -2.10. The highest BCUT2D eigenvalue weighted by Gasteiger charge is 2.14. The van der Waals surface area contributed by atoms with Crippen LogP contribution in [0.1, 0.15) is 5.56 Å². The third-order valence-corrected chi connectivity index (χ3v) is 5.46. The van der Waals surface area contributed by atoms with Crippen LogP contribution >= 0.6 is 22.9 Å². The van der Waals surface area contributed by atoms with Crippen molar-refractivity contribution in [1.29, 1.82) is 0 Å². The fourth-order valence-corrected chi connectivity index (χ4v) is 3.90. The maximum Gasteiger partial charge on any atom is 0.292 e. The number of hydrogen-bond acceptors (Lipinski definition) is 4. The van der Waals surface area contributed by atoms with Crippen molar-refractivity contribution in [2.45, 2.75) is 6.54 Å². The first-order valence-electron chi connectivity index (χ1n) is 7.97. The minimum atomic E-state index is -0.897. The molecular weight excluding hydrogens is 392 g/mol. The van der Waals surface area contributed by atoms with Gasteiger partial charge in [-0.2, -0.15) is 9.78 Å². The molecule has 0 amide bonds. The lowest BCUT2D eigenvalue weighted by atomic mass is 10.2. The quantitative estimate of drug-likeness (QED) is 0.522. The number of aromatic nitrogens is 2. The summed E-state index contributed by atoms with van der Waals surface area (Å²) in [5.74, 6) is -1.64. The lowest BCUT2D eigenvalue weighted by molar-refractivity contribution is 0.571. The van der Waals surface area contributed by atoms with Crippen LogP contribution in [0.25, 0.3) is 15.8 Å². The monoisotopic (exact) mass is 403 g/mol. The summed E-state index contributed by atoms with van der Waals surface area (Å²) >= 11 is 7.79. The molecule has 8 heteroatoms. The number of hydrogen-bond donors (Lipinski definition) is 1. The number of thiophene rings is 1. The highest BCUT2D eigenvalue weighted by atomic mass is 35.5. The molecule has 27 heavy (non-hydrogen) atoms. The lowest BCUT2D eigenvalue weighted by Crippen LogP contribution is -2.23. The van der Waals surface area contributed by atoms with E-state index in [-0.39, 0.29) is 10.7 Å². The number of halogens is 3. The Hall–Kier alpha value is -2.77. The zero-order valence-electron chi connectivity index (χ0n) is 13.7. The fourth-order valence-electron chi connectivity index (χ4n) is 2.74. The Morgan fingerprint density at radius 2 is 2.00 bits per heavy atom. The molecule has 0 unspecified atom stereocenters. The van der Waals surface area contributed by atoms with E-state index in [9.17, 15) is 13.6 Å². The summed E-state index contributed by atoms with van der Waals surface area (Å²) in [6.45, 7) is 0.458. The Labute approximate surface area is 161 Å². The number of fused-ring (bicyclic) bond motifs is 1. The number of anilines is 1. The van der Waals surface area contributed by atoms with Crippen LogP contribution in [0.4, 0.5) is 14.5 Å². The van der Waals surface area contributed by atoms with Gasteiger partial charge in [0.1, 0.15) is 16.5 Å². The normalized spacial score (nSPS) is 11.1. The van der Waals surface area contributed by atoms with Crippen molar-refractivity contribution < 1.29 is 8.78 Å². The molecule has 2 aromatic heterocycles. The summed E-state index contributed by atoms with van der Waals surface area (Å²) < 4.78 is 29.0. The predicted molar refractivity (Wildman–Crippen MR) is 104 cm³/mol. The average Bonchev–Trinajstić information content (AvgIpc) is 3.07. The summed E-state index contributed by atoms with van der Waals surface area (Å²) in [6, 6.07) is 10.9. The molecule has 136 valence electrons. The zero-order chi connectivity index (χ0) is 19.0. The summed E-state index contributed by atoms with van der Waals surface area (Å²) in [5.41, 5.74) is 0.553. The number of nitrogens with one attached hydrogen (secondary N) is 1. The van der Waals surface area contributed by atoms with Gasteiger partial charge in [-0.05, 0) is 34.5 Å². The van der Waals surface area contributed by atoms with E-state index in [1.807, 2.05) is 29.6 Å². The Bertz CT molecular complexity index is 1210. The molecule has 0 aliphatic carbocycles. The van der Waals surface area contributed by atoms with Gasteiger partial charge in [-0.3, -0.25) is 4.79 Å². The van der Waals surface area contributed by atoms with Gasteiger partial charge in [0, 0.05) is 17.3 Å². The zero-order valence-corrected chi connectivity index (χ0v) is 15.3. The molecule has 4 nitrogen and oxygen atoms in total. The van der Waals surface area contributed by atoms with E-state index in [0.29, 0.717) is 18.3 Å². The molecule has 0 aliphatic heterocycles. The first-order valence-corrected chi connectivity index (χ1v) is 9.22. The standard InChI is InChI=1S/C19H12ClF2N3OS/c20-18-15(23-8-11-10-27-17-4-2-1-3-13(11)17)9-24-25(19(18)26)16-6-5-12(21)7-14(16)22/h1-7,9-10,23H,8H2. The van der Waals surface area contributed by atoms with Gasteiger partial charge in [0.15, 0.2) is 5.82 Å². The van der Waals surface area contributed by atoms with Crippen molar-refractivity contribution >= 4 is 38.7 Å². The summed E-state index contributed by atoms with van der Waals surface area (Å²) in [4.78, 5) is 12.5. The average molecular weight is 404 g/mol. The van der Waals surface area contributed by atoms with Gasteiger partial charge in [-0.15, -0.1) is 11.3 Å². The van der Waals surface area contributed by atoms with Crippen molar-refractivity contribution in [1.82, 2.24) is 9.78 Å². The molecule has 4 aromatic rings. The van der Waals surface area contributed by atoms with E-state index in [1.54, 1.807) is 11.3 Å². The largest absolute Gasteiger partial charge is 0.378 e. The highest BCUT2D eigenvalue weighted by Crippen LogP contribution is 2.27. The van der Waals surface area contributed by atoms with Crippen molar-refractivity contribution in [3.8, 4) is 5.69 Å². The van der Waals surface area contributed by atoms with Gasteiger partial charge in [0.25, 0.3) is 5.56 Å². The maximum atomic E-state index is 13.9. The molecule has 1 N–H and O–H groups in total. The molecule has 2 aromatic carbocycles. The summed E-state index contributed by atoms with van der Waals surface area (Å²) in [6.07, 6.45) is 1.35. The minimum absolute atomic E-state index is 0.117. The second-order valence-electron chi connectivity index (χ2n) is 5.80. The molecule has 2 heterocycles. The van der Waals surface area contributed by atoms with E-state index >= 15 is 0 Å². The Balaban J connectivity index is 1.63. The van der Waals surface area contributed by atoms with Crippen LogP contribution < -0.4 is 10.9 Å². The summed E-state index contributed by atoms with van der Waals surface area (Å²) in [7, 11) is 0. The summed E-state index contributed by atoms with van der Waals surface area (Å²) in [5, 5.41) is 10.1. The van der Waals surface area contributed by atoms with E-state index in [2.05, 4.69) is 10.4 Å². The Kier molecular flexibility index (Phi) is 4.63. The third-order valence-electron chi connectivity index (χ3n) is 4.09. The molecule has 0 saturated carbocycles. The van der Waals surface area contributed by atoms with Gasteiger partial charge >= 0.3 is 0 Å². The fraction of sp³-hybridized carbons (Fsp3) is 0.0526. The van der Waals surface area contributed by atoms with Crippen LogP contribution in [-0.4, -0.2) is 9.78 Å². The van der Waals surface area contributed by atoms with Crippen LogP contribution in [0.2, 0.25) is 5.02 Å². The van der Waals surface area contributed by atoms with E-state index in [1.165, 1.54) is 10.9 Å². The molecule has 0 fully saturated rings. The van der Waals surface area contributed by atoms with Crippen LogP contribution in [0, 0.1) is 11.6 Å². The second kappa shape index (κ2) is 7.09. The van der Waals surface area contributed by atoms with Crippen LogP contribution in [0.3, 0.4) is 0 Å². The molecule has 0 bridgehead atoms. The number of rotatable bonds is 4. The topological polar surface area (TPSA) is 46.9 Å². The van der Waals surface area contributed by atoms with Gasteiger partial charge in [0.05, 0.1) is 11.9 Å². The molecule has 0 radical (unpaired) electrons. The van der Waals surface area contributed by atoms with E-state index in [0.717, 1.165) is 27.8 Å². The van der Waals surface area contributed by atoms with Crippen molar-refractivity contribution in [3.63, 3.8) is 0 Å². The maximum absolute atomic E-state index is 13.9. The number of nitrogens with zero attached hydrogens (tertiary/aromatic N) is 2. The van der Waals surface area contributed by atoms with Crippen LogP contribution in [0.5, 0.6) is 0 Å². The van der Waals surface area contributed by atoms with Crippen molar-refractivity contribution in [2.75, 3.05) is 5.32 Å². The second-order valence-corrected chi connectivity index (χ2v) is 7.08. The van der Waals surface area contributed by atoms with Gasteiger partial charge in [-0.25, -0.2) is 8.78 Å². The Morgan fingerprint density at radius 1 is 1.19 bits per heavy atom. The third kappa shape index (κ3) is 3.31. The van der Waals surface area contributed by atoms with Crippen LogP contribution in [-0.2, 0) is 6.54 Å². The van der Waals surface area contributed by atoms with Gasteiger partial charge in [0.2, 0.25) is 0 Å². The molecule has 4 rings (SSSR count). The van der Waals surface area contributed by atoms with Gasteiger partial charge in [-0.1, -0.05) is 29.8 Å². The minimum Gasteiger partial charge on any atom is -0.378 e. The highest BCUT2D eigenvalue weighted by molar-refractivity contribution is 7.17. The van der Waals surface area contributed by atoms with Crippen molar-refractivity contribution in [2.24, 2.45) is 0 Å². The molecule has 0 atom stereocenters. The smallest absolute Gasteiger partial charge is 0.292 e. The SMILES string of the molecule is O=c1c(Cl)c(NCc2csc3ccccc23)cnn1-c1ccc(F)cc1F. The molecule has 0 aliphatic rings. The predicted octanol–water partition coefficient (Wildman–Crippen LogP) is 4.99. The van der Waals surface area contributed by atoms with Crippen LogP contribution in [0.15, 0.2) is 58.8 Å². The van der Waals surface area contributed by atoms with E-state index in [4.69, 9.17) is 11.6 Å². The number of benzene rings is 2. The Morgan fingerprint density at radius 3 is 2.81 bits per heavy atom. The van der Waals surface area contributed by atoms with Crippen molar-refractivity contribution in [3.05, 3.63) is 86.6 Å². The molecule has 0 saturated heterocycles. The molecular formula is C19H12ClF2N3OS. The first-order chi connectivity index (χ1) is 13.0. The van der Waals surface area contributed by atoms with Gasteiger partial charge < -0.3 is 5.32 Å².